The number of carboxylic acid groups (broad SMARTS) is 1. The molecule has 176 valence electrons. The van der Waals surface area contributed by atoms with Gasteiger partial charge in [-0.3, -0.25) is 9.59 Å². The molecule has 2 aromatic carbocycles. The zero-order chi connectivity index (χ0) is 24.0. The van der Waals surface area contributed by atoms with Gasteiger partial charge in [0.15, 0.2) is 0 Å². The quantitative estimate of drug-likeness (QED) is 0.574. The van der Waals surface area contributed by atoms with Crippen LogP contribution in [0.5, 0.6) is 0 Å². The van der Waals surface area contributed by atoms with E-state index in [4.69, 9.17) is 9.84 Å². The van der Waals surface area contributed by atoms with Crippen molar-refractivity contribution in [3.05, 3.63) is 59.7 Å². The minimum atomic E-state index is -1.10. The first-order valence-electron chi connectivity index (χ1n) is 11.1. The minimum Gasteiger partial charge on any atom is -0.480 e. The highest BCUT2D eigenvalue weighted by Crippen LogP contribution is 2.44. The van der Waals surface area contributed by atoms with E-state index in [1.807, 2.05) is 55.4 Å². The smallest absolute Gasteiger partial charge is 0.407 e. The van der Waals surface area contributed by atoms with Crippen molar-refractivity contribution in [1.82, 2.24) is 15.1 Å². The lowest BCUT2D eigenvalue weighted by atomic mass is 9.98. The summed E-state index contributed by atoms with van der Waals surface area (Å²) in [6.07, 6.45) is -0.355. The normalized spacial score (nSPS) is 13.2. The van der Waals surface area contributed by atoms with Crippen molar-refractivity contribution < 1.29 is 24.2 Å². The van der Waals surface area contributed by atoms with Crippen molar-refractivity contribution in [1.29, 1.82) is 0 Å². The van der Waals surface area contributed by atoms with Gasteiger partial charge >= 0.3 is 12.1 Å². The molecule has 1 atom stereocenters. The molecule has 0 aliphatic heterocycles. The SMILES string of the molecule is CCN(CC(=O)O)C(=O)C(CCN(C)C)NC(=O)OCC1c2ccccc2-c2ccccc21. The topological polar surface area (TPSA) is 99.2 Å². The second kappa shape index (κ2) is 11.0. The molecule has 0 saturated carbocycles. The van der Waals surface area contributed by atoms with Gasteiger partial charge < -0.3 is 25.0 Å². The van der Waals surface area contributed by atoms with Crippen molar-refractivity contribution in [2.75, 3.05) is 40.3 Å². The molecule has 0 fully saturated rings. The van der Waals surface area contributed by atoms with Crippen molar-refractivity contribution in [3.8, 4) is 11.1 Å². The number of carboxylic acids is 1. The average Bonchev–Trinajstić information content (AvgIpc) is 3.12. The fourth-order valence-corrected chi connectivity index (χ4v) is 4.16. The van der Waals surface area contributed by atoms with Crippen LogP contribution in [0.3, 0.4) is 0 Å². The molecule has 1 aliphatic carbocycles. The Labute approximate surface area is 194 Å². The predicted octanol–water partition coefficient (Wildman–Crippen LogP) is 2.78. The Hall–Kier alpha value is -3.39. The van der Waals surface area contributed by atoms with Gasteiger partial charge in [-0.05, 0) is 56.2 Å². The van der Waals surface area contributed by atoms with E-state index in [1.165, 1.54) is 4.90 Å². The number of hydrogen-bond acceptors (Lipinski definition) is 5. The first-order valence-corrected chi connectivity index (χ1v) is 11.1. The summed E-state index contributed by atoms with van der Waals surface area (Å²) in [5.74, 6) is -1.62. The second-order valence-electron chi connectivity index (χ2n) is 8.36. The molecule has 0 bridgehead atoms. The number of fused-ring (bicyclic) bond motifs is 3. The number of ether oxygens (including phenoxy) is 1. The molecule has 1 aliphatic rings. The van der Waals surface area contributed by atoms with Crippen LogP contribution in [0.4, 0.5) is 4.79 Å². The van der Waals surface area contributed by atoms with Crippen LogP contribution in [-0.4, -0.2) is 79.3 Å². The van der Waals surface area contributed by atoms with Crippen LogP contribution < -0.4 is 5.32 Å². The van der Waals surface area contributed by atoms with E-state index in [1.54, 1.807) is 6.92 Å². The van der Waals surface area contributed by atoms with E-state index in [-0.39, 0.29) is 19.1 Å². The Morgan fingerprint density at radius 1 is 1.03 bits per heavy atom. The number of carbonyl (C=O) groups excluding carboxylic acids is 2. The van der Waals surface area contributed by atoms with Gasteiger partial charge in [0.2, 0.25) is 5.91 Å². The van der Waals surface area contributed by atoms with E-state index >= 15 is 0 Å². The number of likely N-dealkylation sites (N-methyl/N-ethyl adjacent to an activating group) is 1. The van der Waals surface area contributed by atoms with Crippen LogP contribution in [0, 0.1) is 0 Å². The third-order valence-electron chi connectivity index (χ3n) is 5.82. The maximum atomic E-state index is 12.9. The minimum absolute atomic E-state index is 0.0850. The van der Waals surface area contributed by atoms with Crippen molar-refractivity contribution in [2.45, 2.75) is 25.3 Å². The van der Waals surface area contributed by atoms with Gasteiger partial charge in [0, 0.05) is 12.5 Å². The Balaban J connectivity index is 1.69. The summed E-state index contributed by atoms with van der Waals surface area (Å²) >= 11 is 0. The zero-order valence-corrected chi connectivity index (χ0v) is 19.3. The lowest BCUT2D eigenvalue weighted by molar-refractivity contribution is -0.145. The number of alkyl carbamates (subject to hydrolysis) is 1. The molecule has 0 saturated heterocycles. The van der Waals surface area contributed by atoms with Gasteiger partial charge in [-0.1, -0.05) is 48.5 Å². The average molecular weight is 454 g/mol. The number of carbonyl (C=O) groups is 3. The molecule has 0 aromatic heterocycles. The molecule has 3 rings (SSSR count). The molecule has 0 heterocycles. The fourth-order valence-electron chi connectivity index (χ4n) is 4.16. The number of amides is 2. The molecular formula is C25H31N3O5. The first-order chi connectivity index (χ1) is 15.8. The van der Waals surface area contributed by atoms with Crippen LogP contribution in [-0.2, 0) is 14.3 Å². The van der Waals surface area contributed by atoms with Gasteiger partial charge in [0.05, 0.1) is 0 Å². The molecule has 8 heteroatoms. The fraction of sp³-hybridized carbons (Fsp3) is 0.400. The number of benzene rings is 2. The Bertz CT molecular complexity index is 962. The summed E-state index contributed by atoms with van der Waals surface area (Å²) in [6, 6.07) is 15.2. The highest BCUT2D eigenvalue weighted by atomic mass is 16.5. The lowest BCUT2D eigenvalue weighted by Gasteiger charge is -2.26. The van der Waals surface area contributed by atoms with Crippen LogP contribution in [0.25, 0.3) is 11.1 Å². The zero-order valence-electron chi connectivity index (χ0n) is 19.3. The summed E-state index contributed by atoms with van der Waals surface area (Å²) < 4.78 is 5.57. The molecule has 0 radical (unpaired) electrons. The summed E-state index contributed by atoms with van der Waals surface area (Å²) in [5.41, 5.74) is 4.47. The lowest BCUT2D eigenvalue weighted by Crippen LogP contribution is -2.51. The monoisotopic (exact) mass is 453 g/mol. The first kappa shape index (κ1) is 24.3. The molecule has 2 amide bonds. The van der Waals surface area contributed by atoms with Gasteiger partial charge in [0.1, 0.15) is 19.2 Å². The standard InChI is InChI=1S/C25H31N3O5/c1-4-28(15-23(29)30)24(31)22(13-14-27(2)3)26-25(32)33-16-21-19-11-7-5-9-17(19)18-10-6-8-12-20(18)21/h5-12,21-22H,4,13-16H2,1-3H3,(H,26,32)(H,29,30). The number of nitrogens with zero attached hydrogens (tertiary/aromatic N) is 2. The maximum Gasteiger partial charge on any atom is 0.407 e. The maximum absolute atomic E-state index is 12.9. The van der Waals surface area contributed by atoms with Crippen molar-refractivity contribution in [3.63, 3.8) is 0 Å². The highest BCUT2D eigenvalue weighted by molar-refractivity contribution is 5.88. The predicted molar refractivity (Wildman–Crippen MR) is 125 cm³/mol. The molecule has 0 spiro atoms. The van der Waals surface area contributed by atoms with Gasteiger partial charge in [-0.25, -0.2) is 4.79 Å². The largest absolute Gasteiger partial charge is 0.480 e. The highest BCUT2D eigenvalue weighted by Gasteiger charge is 2.30. The Morgan fingerprint density at radius 3 is 2.12 bits per heavy atom. The summed E-state index contributed by atoms with van der Waals surface area (Å²) in [4.78, 5) is 39.8. The number of nitrogens with one attached hydrogen (secondary N) is 1. The van der Waals surface area contributed by atoms with E-state index in [2.05, 4.69) is 17.4 Å². The molecule has 8 nitrogen and oxygen atoms in total. The Morgan fingerprint density at radius 2 is 1.61 bits per heavy atom. The van der Waals surface area contributed by atoms with Crippen molar-refractivity contribution in [2.24, 2.45) is 0 Å². The number of rotatable bonds is 10. The summed E-state index contributed by atoms with van der Waals surface area (Å²) in [7, 11) is 3.73. The van der Waals surface area contributed by atoms with Gasteiger partial charge in [-0.15, -0.1) is 0 Å². The molecular weight excluding hydrogens is 422 g/mol. The molecule has 1 unspecified atom stereocenters. The van der Waals surface area contributed by atoms with Gasteiger partial charge in [-0.2, -0.15) is 0 Å². The number of aliphatic carboxylic acids is 1. The van der Waals surface area contributed by atoms with Crippen LogP contribution in [0.1, 0.15) is 30.4 Å². The summed E-state index contributed by atoms with van der Waals surface area (Å²) in [5, 5.41) is 11.8. The van der Waals surface area contributed by atoms with E-state index in [0.717, 1.165) is 22.3 Å². The summed E-state index contributed by atoms with van der Waals surface area (Å²) in [6.45, 7) is 2.21. The van der Waals surface area contributed by atoms with Gasteiger partial charge in [0.25, 0.3) is 0 Å². The van der Waals surface area contributed by atoms with Crippen molar-refractivity contribution >= 4 is 18.0 Å². The third-order valence-corrected chi connectivity index (χ3v) is 5.82. The molecule has 2 aromatic rings. The van der Waals surface area contributed by atoms with Crippen LogP contribution in [0.2, 0.25) is 0 Å². The van der Waals surface area contributed by atoms with Crippen LogP contribution in [0.15, 0.2) is 48.5 Å². The molecule has 33 heavy (non-hydrogen) atoms. The third kappa shape index (κ3) is 5.90. The molecule has 2 N–H and O–H groups in total. The number of hydrogen-bond donors (Lipinski definition) is 2. The van der Waals surface area contributed by atoms with E-state index in [0.29, 0.717) is 13.0 Å². The Kier molecular flexibility index (Phi) is 8.06. The van der Waals surface area contributed by atoms with E-state index < -0.39 is 30.6 Å². The second-order valence-corrected chi connectivity index (χ2v) is 8.36. The van der Waals surface area contributed by atoms with E-state index in [9.17, 15) is 14.4 Å². The van der Waals surface area contributed by atoms with Crippen LogP contribution >= 0.6 is 0 Å².